The second-order valence-corrected chi connectivity index (χ2v) is 6.67. The van der Waals surface area contributed by atoms with E-state index in [1.807, 2.05) is 6.07 Å². The van der Waals surface area contributed by atoms with Crippen molar-refractivity contribution in [1.82, 2.24) is 10.2 Å². The van der Waals surface area contributed by atoms with Gasteiger partial charge in [-0.15, -0.1) is 0 Å². The number of nitrogens with zero attached hydrogens (tertiary/aromatic N) is 1. The van der Waals surface area contributed by atoms with Gasteiger partial charge in [0.25, 0.3) is 0 Å². The molecule has 0 aromatic heterocycles. The van der Waals surface area contributed by atoms with E-state index >= 15 is 0 Å². The molecule has 1 saturated heterocycles. The summed E-state index contributed by atoms with van der Waals surface area (Å²) >= 11 is 0. The zero-order valence-corrected chi connectivity index (χ0v) is 12.6. The third-order valence-corrected chi connectivity index (χ3v) is 5.08. The summed E-state index contributed by atoms with van der Waals surface area (Å²) in [6.07, 6.45) is 6.68. The number of ether oxygens (including phenoxy) is 2. The van der Waals surface area contributed by atoms with E-state index in [9.17, 15) is 0 Å². The lowest BCUT2D eigenvalue weighted by molar-refractivity contribution is 0.173. The summed E-state index contributed by atoms with van der Waals surface area (Å²) in [6.45, 7) is 4.90. The van der Waals surface area contributed by atoms with Crippen LogP contribution < -0.4 is 14.8 Å². The maximum Gasteiger partial charge on any atom is 0.231 e. The lowest BCUT2D eigenvalue weighted by Gasteiger charge is -2.33. The molecule has 2 aliphatic heterocycles. The molecule has 4 rings (SSSR count). The van der Waals surface area contributed by atoms with E-state index in [4.69, 9.17) is 9.47 Å². The molecule has 21 heavy (non-hydrogen) atoms. The topological polar surface area (TPSA) is 33.7 Å². The van der Waals surface area contributed by atoms with Crippen molar-refractivity contribution in [1.29, 1.82) is 0 Å². The van der Waals surface area contributed by atoms with Gasteiger partial charge in [0.2, 0.25) is 6.79 Å². The molecule has 1 aliphatic carbocycles. The monoisotopic (exact) mass is 288 g/mol. The lowest BCUT2D eigenvalue weighted by Crippen LogP contribution is -2.49. The number of fused-ring (bicyclic) bond motifs is 1. The Morgan fingerprint density at radius 2 is 1.95 bits per heavy atom. The van der Waals surface area contributed by atoms with Crippen LogP contribution in [0.2, 0.25) is 0 Å². The first kappa shape index (κ1) is 13.4. The fourth-order valence-electron chi connectivity index (χ4n) is 4.04. The zero-order chi connectivity index (χ0) is 14.1. The van der Waals surface area contributed by atoms with Crippen LogP contribution in [0.25, 0.3) is 0 Å². The molecule has 0 atom stereocenters. The minimum absolute atomic E-state index is 0.357. The fourth-order valence-corrected chi connectivity index (χ4v) is 4.04. The molecule has 0 radical (unpaired) electrons. The number of benzene rings is 1. The summed E-state index contributed by atoms with van der Waals surface area (Å²) in [7, 11) is 0. The highest BCUT2D eigenvalue weighted by Gasteiger charge is 2.36. The number of hydrogen-bond acceptors (Lipinski definition) is 4. The van der Waals surface area contributed by atoms with Crippen LogP contribution in [0.15, 0.2) is 18.2 Å². The van der Waals surface area contributed by atoms with Crippen LogP contribution in [0.3, 0.4) is 0 Å². The van der Waals surface area contributed by atoms with Crippen molar-refractivity contribution in [2.75, 3.05) is 26.4 Å². The number of hydrogen-bond donors (Lipinski definition) is 1. The summed E-state index contributed by atoms with van der Waals surface area (Å²) in [5, 5.41) is 3.83. The third-order valence-electron chi connectivity index (χ3n) is 5.08. The Morgan fingerprint density at radius 1 is 1.10 bits per heavy atom. The van der Waals surface area contributed by atoms with E-state index in [2.05, 4.69) is 22.3 Å². The van der Waals surface area contributed by atoms with Crippen LogP contribution in [0.4, 0.5) is 0 Å². The van der Waals surface area contributed by atoms with Crippen LogP contribution in [0, 0.1) is 0 Å². The molecule has 0 bridgehead atoms. The first-order valence-corrected chi connectivity index (χ1v) is 8.19. The van der Waals surface area contributed by atoms with Crippen LogP contribution in [-0.4, -0.2) is 36.9 Å². The second-order valence-electron chi connectivity index (χ2n) is 6.67. The van der Waals surface area contributed by atoms with Crippen molar-refractivity contribution >= 4 is 0 Å². The highest BCUT2D eigenvalue weighted by Crippen LogP contribution is 2.34. The van der Waals surface area contributed by atoms with E-state index in [1.165, 1.54) is 50.8 Å². The molecular formula is C17H24N2O2. The minimum Gasteiger partial charge on any atom is -0.454 e. The molecule has 4 heteroatoms. The first-order chi connectivity index (χ1) is 10.3. The van der Waals surface area contributed by atoms with Crippen molar-refractivity contribution in [3.63, 3.8) is 0 Å². The van der Waals surface area contributed by atoms with Crippen LogP contribution in [0.1, 0.15) is 37.7 Å². The Hall–Kier alpha value is -1.26. The predicted octanol–water partition coefficient (Wildman–Crippen LogP) is 2.52. The second kappa shape index (κ2) is 5.50. The molecule has 0 amide bonds. The van der Waals surface area contributed by atoms with Gasteiger partial charge in [0, 0.05) is 18.6 Å². The van der Waals surface area contributed by atoms with Crippen molar-refractivity contribution < 1.29 is 9.47 Å². The summed E-state index contributed by atoms with van der Waals surface area (Å²) in [5.41, 5.74) is 1.71. The summed E-state index contributed by atoms with van der Waals surface area (Å²) < 4.78 is 10.9. The van der Waals surface area contributed by atoms with Crippen molar-refractivity contribution in [3.05, 3.63) is 23.8 Å². The highest BCUT2D eigenvalue weighted by atomic mass is 16.7. The Labute approximate surface area is 126 Å². The normalized spacial score (nSPS) is 24.4. The SMILES string of the molecule is c1cc2c(cc1CN1CCCNC3(CCCC3)C1)OCO2. The predicted molar refractivity (Wildman–Crippen MR) is 81.7 cm³/mol. The van der Waals surface area contributed by atoms with Crippen LogP contribution >= 0.6 is 0 Å². The van der Waals surface area contributed by atoms with Gasteiger partial charge < -0.3 is 14.8 Å². The Kier molecular flexibility index (Phi) is 3.51. The number of rotatable bonds is 2. The van der Waals surface area contributed by atoms with Gasteiger partial charge in [-0.2, -0.15) is 0 Å². The minimum atomic E-state index is 0.357. The smallest absolute Gasteiger partial charge is 0.231 e. The summed E-state index contributed by atoms with van der Waals surface area (Å²) in [6, 6.07) is 6.36. The first-order valence-electron chi connectivity index (χ1n) is 8.19. The molecule has 1 spiro atoms. The zero-order valence-electron chi connectivity index (χ0n) is 12.6. The van der Waals surface area contributed by atoms with Crippen molar-refractivity contribution in [3.8, 4) is 11.5 Å². The maximum absolute atomic E-state index is 5.49. The average Bonchev–Trinajstić information content (AvgIpc) is 3.07. The number of nitrogens with one attached hydrogen (secondary N) is 1. The maximum atomic E-state index is 5.49. The van der Waals surface area contributed by atoms with E-state index in [1.54, 1.807) is 0 Å². The summed E-state index contributed by atoms with van der Waals surface area (Å²) in [4.78, 5) is 2.61. The molecule has 114 valence electrons. The molecule has 1 aromatic carbocycles. The molecular weight excluding hydrogens is 264 g/mol. The van der Waals surface area contributed by atoms with Crippen molar-refractivity contribution in [2.45, 2.75) is 44.2 Å². The van der Waals surface area contributed by atoms with Gasteiger partial charge in [-0.25, -0.2) is 0 Å². The molecule has 2 heterocycles. The third kappa shape index (κ3) is 2.74. The highest BCUT2D eigenvalue weighted by molar-refractivity contribution is 5.44. The van der Waals surface area contributed by atoms with Crippen LogP contribution in [-0.2, 0) is 6.54 Å². The van der Waals surface area contributed by atoms with Crippen molar-refractivity contribution in [2.24, 2.45) is 0 Å². The lowest BCUT2D eigenvalue weighted by atomic mass is 9.97. The van der Waals surface area contributed by atoms with Gasteiger partial charge in [-0.1, -0.05) is 18.9 Å². The van der Waals surface area contributed by atoms with Gasteiger partial charge in [-0.3, -0.25) is 4.90 Å². The molecule has 1 aromatic rings. The van der Waals surface area contributed by atoms with Gasteiger partial charge in [0.05, 0.1) is 0 Å². The van der Waals surface area contributed by atoms with Gasteiger partial charge in [0.15, 0.2) is 11.5 Å². The Morgan fingerprint density at radius 3 is 2.86 bits per heavy atom. The Bertz CT molecular complexity index is 512. The van der Waals surface area contributed by atoms with E-state index in [-0.39, 0.29) is 0 Å². The van der Waals surface area contributed by atoms with Gasteiger partial charge in [-0.05, 0) is 50.0 Å². The standard InChI is InChI=1S/C17H24N2O2/c1-2-7-17(6-1)12-19(9-3-8-18-17)11-14-4-5-15-16(10-14)21-13-20-15/h4-5,10,18H,1-3,6-9,11-13H2. The van der Waals surface area contributed by atoms with Crippen LogP contribution in [0.5, 0.6) is 11.5 Å². The molecule has 2 fully saturated rings. The molecule has 1 saturated carbocycles. The molecule has 1 N–H and O–H groups in total. The quantitative estimate of drug-likeness (QED) is 0.906. The Balaban J connectivity index is 1.48. The average molecular weight is 288 g/mol. The van der Waals surface area contributed by atoms with E-state index < -0.39 is 0 Å². The van der Waals surface area contributed by atoms with E-state index in [0.717, 1.165) is 24.6 Å². The largest absolute Gasteiger partial charge is 0.454 e. The molecule has 3 aliphatic rings. The summed E-state index contributed by atoms with van der Waals surface area (Å²) in [5.74, 6) is 1.78. The molecule has 4 nitrogen and oxygen atoms in total. The van der Waals surface area contributed by atoms with Gasteiger partial charge >= 0.3 is 0 Å². The van der Waals surface area contributed by atoms with E-state index in [0.29, 0.717) is 12.3 Å². The molecule has 0 unspecified atom stereocenters. The fraction of sp³-hybridized carbons (Fsp3) is 0.647. The van der Waals surface area contributed by atoms with Gasteiger partial charge in [0.1, 0.15) is 0 Å².